The Morgan fingerprint density at radius 2 is 1.67 bits per heavy atom. The van der Waals surface area contributed by atoms with Crippen LogP contribution >= 0.6 is 0 Å². The van der Waals surface area contributed by atoms with E-state index < -0.39 is 39.8 Å². The number of carbonyl (C=O) groups excluding carboxylic acids is 1. The Bertz CT molecular complexity index is 882. The Hall–Kier alpha value is -2.52. The summed E-state index contributed by atoms with van der Waals surface area (Å²) in [7, 11) is -3.96. The van der Waals surface area contributed by atoms with Gasteiger partial charge in [0.25, 0.3) is 0 Å². The maximum Gasteiger partial charge on any atom is 0.243 e. The first-order chi connectivity index (χ1) is 12.8. The SMILES string of the molecule is CCOc1ccc(S(=O)(=O)N(CC)CC(=O)Nc2c(F)cccc2F)cc1. The standard InChI is InChI=1S/C18H20F2N2O4S/c1-3-22(12-17(23)21-18-15(19)6-5-7-16(18)20)27(24,25)14-10-8-13(9-11-14)26-4-2/h5-11H,3-4,12H2,1-2H3,(H,21,23). The smallest absolute Gasteiger partial charge is 0.243 e. The minimum Gasteiger partial charge on any atom is -0.494 e. The minimum atomic E-state index is -3.96. The highest BCUT2D eigenvalue weighted by Gasteiger charge is 2.26. The molecule has 2 rings (SSSR count). The number of nitrogens with one attached hydrogen (secondary N) is 1. The lowest BCUT2D eigenvalue weighted by Gasteiger charge is -2.20. The fraction of sp³-hybridized carbons (Fsp3) is 0.278. The van der Waals surface area contributed by atoms with Gasteiger partial charge in [-0.25, -0.2) is 17.2 Å². The highest BCUT2D eigenvalue weighted by atomic mass is 32.2. The van der Waals surface area contributed by atoms with Crippen molar-refractivity contribution in [2.75, 3.05) is 25.0 Å². The van der Waals surface area contributed by atoms with Gasteiger partial charge >= 0.3 is 0 Å². The van der Waals surface area contributed by atoms with Crippen molar-refractivity contribution in [1.29, 1.82) is 0 Å². The van der Waals surface area contributed by atoms with Gasteiger partial charge in [-0.05, 0) is 43.3 Å². The molecule has 0 heterocycles. The Balaban J connectivity index is 2.16. The van der Waals surface area contributed by atoms with Crippen LogP contribution in [0.5, 0.6) is 5.75 Å². The van der Waals surface area contributed by atoms with Crippen molar-refractivity contribution in [3.63, 3.8) is 0 Å². The molecule has 1 amide bonds. The third-order valence-electron chi connectivity index (χ3n) is 3.67. The molecule has 0 spiro atoms. The summed E-state index contributed by atoms with van der Waals surface area (Å²) in [5, 5.41) is 2.08. The number of para-hydroxylation sites is 1. The number of benzene rings is 2. The van der Waals surface area contributed by atoms with E-state index in [1.165, 1.54) is 24.3 Å². The van der Waals surface area contributed by atoms with Crippen molar-refractivity contribution in [2.45, 2.75) is 18.7 Å². The molecule has 0 radical (unpaired) electrons. The molecule has 6 nitrogen and oxygen atoms in total. The average Bonchev–Trinajstić information content (AvgIpc) is 2.63. The van der Waals surface area contributed by atoms with Crippen LogP contribution in [-0.4, -0.2) is 38.3 Å². The van der Waals surface area contributed by atoms with E-state index in [0.717, 1.165) is 22.5 Å². The minimum absolute atomic E-state index is 0.00270. The molecule has 9 heteroatoms. The maximum absolute atomic E-state index is 13.6. The molecular formula is C18H20F2N2O4S. The molecule has 0 saturated heterocycles. The first-order valence-electron chi connectivity index (χ1n) is 8.26. The summed E-state index contributed by atoms with van der Waals surface area (Å²) in [6.07, 6.45) is 0. The van der Waals surface area contributed by atoms with Crippen LogP contribution in [0.1, 0.15) is 13.8 Å². The van der Waals surface area contributed by atoms with E-state index in [9.17, 15) is 22.0 Å². The molecule has 0 fully saturated rings. The molecule has 1 N–H and O–H groups in total. The maximum atomic E-state index is 13.6. The van der Waals surface area contributed by atoms with Crippen molar-refractivity contribution in [1.82, 2.24) is 4.31 Å². The van der Waals surface area contributed by atoms with Gasteiger partial charge in [-0.1, -0.05) is 13.0 Å². The first kappa shape index (κ1) is 20.8. The average molecular weight is 398 g/mol. The summed E-state index contributed by atoms with van der Waals surface area (Å²) < 4.78 is 58.9. The molecule has 0 aromatic heterocycles. The van der Waals surface area contributed by atoms with Crippen molar-refractivity contribution >= 4 is 21.6 Å². The van der Waals surface area contributed by atoms with Gasteiger partial charge in [0.2, 0.25) is 15.9 Å². The summed E-state index contributed by atoms with van der Waals surface area (Å²) in [5.74, 6) is -2.22. The Labute approximate surface area is 156 Å². The van der Waals surface area contributed by atoms with Crippen molar-refractivity contribution in [2.24, 2.45) is 0 Å². The van der Waals surface area contributed by atoms with Crippen LogP contribution in [0.2, 0.25) is 0 Å². The number of nitrogens with zero attached hydrogens (tertiary/aromatic N) is 1. The normalized spacial score (nSPS) is 11.4. The third kappa shape index (κ3) is 5.01. The first-order valence-corrected chi connectivity index (χ1v) is 9.70. The number of anilines is 1. The molecule has 146 valence electrons. The van der Waals surface area contributed by atoms with E-state index in [0.29, 0.717) is 12.4 Å². The van der Waals surface area contributed by atoms with E-state index >= 15 is 0 Å². The quantitative estimate of drug-likeness (QED) is 0.742. The lowest BCUT2D eigenvalue weighted by atomic mass is 10.3. The molecule has 2 aromatic carbocycles. The van der Waals surface area contributed by atoms with Crippen LogP contribution in [0.15, 0.2) is 47.4 Å². The fourth-order valence-electron chi connectivity index (χ4n) is 2.35. The topological polar surface area (TPSA) is 75.7 Å². The molecule has 2 aromatic rings. The van der Waals surface area contributed by atoms with E-state index in [1.54, 1.807) is 13.8 Å². The zero-order chi connectivity index (χ0) is 20.0. The summed E-state index contributed by atoms with van der Waals surface area (Å²) in [5.41, 5.74) is -0.614. The number of halogens is 2. The fourth-order valence-corrected chi connectivity index (χ4v) is 3.75. The lowest BCUT2D eigenvalue weighted by Crippen LogP contribution is -2.38. The van der Waals surface area contributed by atoms with Gasteiger partial charge in [-0.3, -0.25) is 4.79 Å². The second-order valence-electron chi connectivity index (χ2n) is 5.48. The Morgan fingerprint density at radius 1 is 1.07 bits per heavy atom. The molecule has 27 heavy (non-hydrogen) atoms. The van der Waals surface area contributed by atoms with E-state index in [1.807, 2.05) is 0 Å². The monoisotopic (exact) mass is 398 g/mol. The van der Waals surface area contributed by atoms with E-state index in [-0.39, 0.29) is 11.4 Å². The molecule has 0 bridgehead atoms. The Kier molecular flexibility index (Phi) is 6.86. The lowest BCUT2D eigenvalue weighted by molar-refractivity contribution is -0.116. The number of hydrogen-bond acceptors (Lipinski definition) is 4. The zero-order valence-electron chi connectivity index (χ0n) is 14.9. The molecule has 0 saturated carbocycles. The highest BCUT2D eigenvalue weighted by molar-refractivity contribution is 7.89. The number of likely N-dealkylation sites (N-methyl/N-ethyl adjacent to an activating group) is 1. The Morgan fingerprint density at radius 3 is 2.19 bits per heavy atom. The van der Waals surface area contributed by atoms with Crippen LogP contribution in [0.25, 0.3) is 0 Å². The number of sulfonamides is 1. The molecule has 0 unspecified atom stereocenters. The number of carbonyl (C=O) groups is 1. The molecule has 0 aliphatic rings. The van der Waals surface area contributed by atoms with E-state index in [4.69, 9.17) is 4.74 Å². The number of rotatable bonds is 8. The largest absolute Gasteiger partial charge is 0.494 e. The molecule has 0 aliphatic heterocycles. The van der Waals surface area contributed by atoms with Gasteiger partial charge in [-0.15, -0.1) is 0 Å². The van der Waals surface area contributed by atoms with Gasteiger partial charge in [-0.2, -0.15) is 4.31 Å². The summed E-state index contributed by atoms with van der Waals surface area (Å²) in [4.78, 5) is 12.1. The van der Waals surface area contributed by atoms with Crippen LogP contribution in [0, 0.1) is 11.6 Å². The number of amides is 1. The molecule has 0 atom stereocenters. The summed E-state index contributed by atoms with van der Waals surface area (Å²) in [6.45, 7) is 3.23. The number of ether oxygens (including phenoxy) is 1. The second kappa shape index (κ2) is 8.92. The highest BCUT2D eigenvalue weighted by Crippen LogP contribution is 2.21. The van der Waals surface area contributed by atoms with Crippen LogP contribution in [0.3, 0.4) is 0 Å². The second-order valence-corrected chi connectivity index (χ2v) is 7.42. The number of hydrogen-bond donors (Lipinski definition) is 1. The third-order valence-corrected chi connectivity index (χ3v) is 5.61. The van der Waals surface area contributed by atoms with Crippen molar-refractivity contribution in [3.05, 3.63) is 54.1 Å². The van der Waals surface area contributed by atoms with Crippen LogP contribution < -0.4 is 10.1 Å². The van der Waals surface area contributed by atoms with Gasteiger partial charge in [0.05, 0.1) is 18.0 Å². The summed E-state index contributed by atoms with van der Waals surface area (Å²) in [6, 6.07) is 8.92. The van der Waals surface area contributed by atoms with Gasteiger partial charge in [0.15, 0.2) is 0 Å². The molecular weight excluding hydrogens is 378 g/mol. The van der Waals surface area contributed by atoms with Crippen molar-refractivity contribution < 1.29 is 26.7 Å². The molecule has 0 aliphatic carbocycles. The van der Waals surface area contributed by atoms with Gasteiger partial charge < -0.3 is 10.1 Å². The van der Waals surface area contributed by atoms with Crippen molar-refractivity contribution in [3.8, 4) is 5.75 Å². The van der Waals surface area contributed by atoms with Crippen LogP contribution in [-0.2, 0) is 14.8 Å². The van der Waals surface area contributed by atoms with Crippen LogP contribution in [0.4, 0.5) is 14.5 Å². The van der Waals surface area contributed by atoms with E-state index in [2.05, 4.69) is 5.32 Å². The zero-order valence-corrected chi connectivity index (χ0v) is 15.7. The predicted octanol–water partition coefficient (Wildman–Crippen LogP) is 3.01. The summed E-state index contributed by atoms with van der Waals surface area (Å²) >= 11 is 0. The van der Waals surface area contributed by atoms with Gasteiger partial charge in [0, 0.05) is 6.54 Å². The predicted molar refractivity (Wildman–Crippen MR) is 97.0 cm³/mol. The van der Waals surface area contributed by atoms with Gasteiger partial charge in [0.1, 0.15) is 23.1 Å².